The van der Waals surface area contributed by atoms with Crippen LogP contribution in [-0.2, 0) is 4.79 Å². The summed E-state index contributed by atoms with van der Waals surface area (Å²) in [5, 5.41) is 9.06. The van der Waals surface area contributed by atoms with E-state index in [-0.39, 0.29) is 17.9 Å². The fraction of sp³-hybridized carbons (Fsp3) is 0.429. The normalized spacial score (nSPS) is 9.87. The minimum atomic E-state index is -0.488. The van der Waals surface area contributed by atoms with Crippen LogP contribution in [0.5, 0.6) is 0 Å². The van der Waals surface area contributed by atoms with Crippen LogP contribution in [0.15, 0.2) is 4.63 Å². The summed E-state index contributed by atoms with van der Waals surface area (Å²) in [5.74, 6) is -0.965. The molecule has 0 atom stereocenters. The number of anilines is 1. The van der Waals surface area contributed by atoms with Crippen molar-refractivity contribution in [1.29, 1.82) is 0 Å². The largest absolute Gasteiger partial charge is 0.379 e. The van der Waals surface area contributed by atoms with Crippen molar-refractivity contribution in [3.05, 3.63) is 5.69 Å². The number of primary amides is 1. The second kappa shape index (κ2) is 4.94. The number of nitrogens with two attached hydrogens (primary N) is 2. The minimum Gasteiger partial charge on any atom is -0.379 e. The predicted octanol–water partition coefficient (Wildman–Crippen LogP) is -1.35. The predicted molar refractivity (Wildman–Crippen MR) is 49.5 cm³/mol. The molecule has 82 valence electrons. The Labute approximate surface area is 84.9 Å². The monoisotopic (exact) mass is 213 g/mol. The summed E-state index contributed by atoms with van der Waals surface area (Å²) >= 11 is 0. The molecule has 0 aliphatic heterocycles. The van der Waals surface area contributed by atoms with Gasteiger partial charge in [-0.1, -0.05) is 0 Å². The first kappa shape index (κ1) is 11.0. The van der Waals surface area contributed by atoms with Crippen LogP contribution in [-0.4, -0.2) is 28.7 Å². The second-order valence-electron chi connectivity index (χ2n) is 2.82. The Morgan fingerprint density at radius 3 is 2.67 bits per heavy atom. The Bertz CT molecular complexity index is 361. The number of carbonyl (C=O) groups is 2. The van der Waals surface area contributed by atoms with Gasteiger partial charge >= 0.3 is 0 Å². The van der Waals surface area contributed by atoms with Gasteiger partial charge in [-0.25, -0.2) is 4.63 Å². The average molecular weight is 213 g/mol. The molecular weight excluding hydrogens is 202 g/mol. The van der Waals surface area contributed by atoms with Gasteiger partial charge < -0.3 is 16.8 Å². The van der Waals surface area contributed by atoms with Gasteiger partial charge in [0.25, 0.3) is 5.91 Å². The van der Waals surface area contributed by atoms with Crippen LogP contribution in [0.1, 0.15) is 23.3 Å². The van der Waals surface area contributed by atoms with Gasteiger partial charge in [-0.2, -0.15) is 0 Å². The molecule has 0 aromatic carbocycles. The fourth-order valence-electron chi connectivity index (χ4n) is 0.901. The summed E-state index contributed by atoms with van der Waals surface area (Å²) in [4.78, 5) is 21.7. The van der Waals surface area contributed by atoms with Crippen LogP contribution in [0.25, 0.3) is 0 Å². The lowest BCUT2D eigenvalue weighted by Gasteiger charge is -2.00. The summed E-state index contributed by atoms with van der Waals surface area (Å²) in [6.07, 6.45) is 0.680. The molecule has 0 bridgehead atoms. The maximum absolute atomic E-state index is 11.3. The molecule has 2 amide bonds. The number of hydrogen-bond acceptors (Lipinski definition) is 6. The summed E-state index contributed by atoms with van der Waals surface area (Å²) in [6.45, 7) is 0.314. The molecule has 1 aromatic heterocycles. The molecule has 0 radical (unpaired) electrons. The Balaban J connectivity index is 2.31. The highest BCUT2D eigenvalue weighted by molar-refractivity contribution is 5.95. The van der Waals surface area contributed by atoms with Crippen LogP contribution in [0.4, 0.5) is 5.82 Å². The molecule has 0 aliphatic rings. The number of nitrogen functional groups attached to an aromatic ring is 1. The lowest BCUT2D eigenvalue weighted by Crippen LogP contribution is -2.26. The second-order valence-corrected chi connectivity index (χ2v) is 2.82. The van der Waals surface area contributed by atoms with Crippen LogP contribution >= 0.6 is 0 Å². The SMILES string of the molecule is NC(=O)CCCNC(=O)c1nonc1N. The van der Waals surface area contributed by atoms with E-state index in [4.69, 9.17) is 11.5 Å². The van der Waals surface area contributed by atoms with E-state index in [1.54, 1.807) is 0 Å². The van der Waals surface area contributed by atoms with Crippen molar-refractivity contribution in [3.8, 4) is 0 Å². The van der Waals surface area contributed by atoms with Gasteiger partial charge in [0, 0.05) is 13.0 Å². The molecule has 15 heavy (non-hydrogen) atoms. The Hall–Kier alpha value is -2.12. The molecule has 0 unspecified atom stereocenters. The van der Waals surface area contributed by atoms with Gasteiger partial charge in [-0.05, 0) is 16.7 Å². The molecule has 8 heteroatoms. The van der Waals surface area contributed by atoms with Crippen LogP contribution < -0.4 is 16.8 Å². The van der Waals surface area contributed by atoms with Crippen LogP contribution in [0.3, 0.4) is 0 Å². The van der Waals surface area contributed by atoms with Crippen molar-refractivity contribution in [2.24, 2.45) is 5.73 Å². The zero-order chi connectivity index (χ0) is 11.3. The molecule has 1 rings (SSSR count). The maximum atomic E-state index is 11.3. The Morgan fingerprint density at radius 1 is 1.40 bits per heavy atom. The topological polar surface area (TPSA) is 137 Å². The molecule has 0 saturated heterocycles. The number of hydrogen-bond donors (Lipinski definition) is 3. The lowest BCUT2D eigenvalue weighted by atomic mass is 10.3. The van der Waals surface area contributed by atoms with Crippen molar-refractivity contribution in [3.63, 3.8) is 0 Å². The van der Waals surface area contributed by atoms with E-state index in [0.717, 1.165) is 0 Å². The number of rotatable bonds is 5. The Kier molecular flexibility index (Phi) is 3.61. The third kappa shape index (κ3) is 3.25. The number of nitrogens with one attached hydrogen (secondary N) is 1. The third-order valence-electron chi connectivity index (χ3n) is 1.61. The molecule has 0 fully saturated rings. The fourth-order valence-corrected chi connectivity index (χ4v) is 0.901. The first-order chi connectivity index (χ1) is 7.11. The Morgan fingerprint density at radius 2 is 2.13 bits per heavy atom. The van der Waals surface area contributed by atoms with Crippen molar-refractivity contribution < 1.29 is 14.2 Å². The molecule has 8 nitrogen and oxygen atoms in total. The van der Waals surface area contributed by atoms with E-state index >= 15 is 0 Å². The summed E-state index contributed by atoms with van der Waals surface area (Å²) in [6, 6.07) is 0. The number of aromatic nitrogens is 2. The summed E-state index contributed by atoms with van der Waals surface area (Å²) < 4.78 is 4.25. The summed E-state index contributed by atoms with van der Waals surface area (Å²) in [5.41, 5.74) is 10.1. The minimum absolute atomic E-state index is 0.0610. The van der Waals surface area contributed by atoms with Crippen molar-refractivity contribution in [2.75, 3.05) is 12.3 Å². The van der Waals surface area contributed by atoms with Gasteiger partial charge in [-0.3, -0.25) is 9.59 Å². The molecule has 5 N–H and O–H groups in total. The van der Waals surface area contributed by atoms with Gasteiger partial charge in [-0.15, -0.1) is 0 Å². The highest BCUT2D eigenvalue weighted by atomic mass is 16.6. The van der Waals surface area contributed by atoms with Gasteiger partial charge in [0.05, 0.1) is 0 Å². The van der Waals surface area contributed by atoms with Crippen molar-refractivity contribution in [1.82, 2.24) is 15.6 Å². The van der Waals surface area contributed by atoms with Gasteiger partial charge in [0.2, 0.25) is 17.4 Å². The standard InChI is InChI=1S/C7H11N5O3/c8-4(13)2-1-3-10-7(14)5-6(9)12-15-11-5/h1-3H2,(H2,8,13)(H2,9,12)(H,10,14). The lowest BCUT2D eigenvalue weighted by molar-refractivity contribution is -0.118. The van der Waals surface area contributed by atoms with Gasteiger partial charge in [0.15, 0.2) is 0 Å². The van der Waals surface area contributed by atoms with E-state index in [9.17, 15) is 9.59 Å². The van der Waals surface area contributed by atoms with Gasteiger partial charge in [0.1, 0.15) is 0 Å². The first-order valence-electron chi connectivity index (χ1n) is 4.26. The summed E-state index contributed by atoms with van der Waals surface area (Å²) in [7, 11) is 0. The molecule has 1 heterocycles. The van der Waals surface area contributed by atoms with E-state index < -0.39 is 11.8 Å². The first-order valence-corrected chi connectivity index (χ1v) is 4.26. The van der Waals surface area contributed by atoms with E-state index in [0.29, 0.717) is 13.0 Å². The van der Waals surface area contributed by atoms with Crippen LogP contribution in [0.2, 0.25) is 0 Å². The zero-order valence-corrected chi connectivity index (χ0v) is 7.90. The van der Waals surface area contributed by atoms with Crippen molar-refractivity contribution in [2.45, 2.75) is 12.8 Å². The molecular formula is C7H11N5O3. The van der Waals surface area contributed by atoms with E-state index in [1.165, 1.54) is 0 Å². The number of nitrogens with zero attached hydrogens (tertiary/aromatic N) is 2. The maximum Gasteiger partial charge on any atom is 0.277 e. The molecule has 0 saturated carbocycles. The van der Waals surface area contributed by atoms with Crippen LogP contribution in [0, 0.1) is 0 Å². The number of amides is 2. The zero-order valence-electron chi connectivity index (χ0n) is 7.90. The van der Waals surface area contributed by atoms with E-state index in [1.807, 2.05) is 0 Å². The quantitative estimate of drug-likeness (QED) is 0.517. The average Bonchev–Trinajstić information content (AvgIpc) is 2.58. The highest BCUT2D eigenvalue weighted by Crippen LogP contribution is 2.02. The van der Waals surface area contributed by atoms with Crippen molar-refractivity contribution >= 4 is 17.6 Å². The number of carbonyl (C=O) groups excluding carboxylic acids is 2. The highest BCUT2D eigenvalue weighted by Gasteiger charge is 2.14. The molecule has 1 aromatic rings. The molecule has 0 aliphatic carbocycles. The third-order valence-corrected chi connectivity index (χ3v) is 1.61. The smallest absolute Gasteiger partial charge is 0.277 e. The molecule has 0 spiro atoms. The van der Waals surface area contributed by atoms with E-state index in [2.05, 4.69) is 20.3 Å².